The Bertz CT molecular complexity index is 323. The van der Waals surface area contributed by atoms with Gasteiger partial charge in [0.05, 0.1) is 12.2 Å². The van der Waals surface area contributed by atoms with E-state index < -0.39 is 0 Å². The van der Waals surface area contributed by atoms with Crippen LogP contribution in [0.1, 0.15) is 25.8 Å². The Kier molecular flexibility index (Phi) is 4.77. The fourth-order valence-electron chi connectivity index (χ4n) is 1.32. The van der Waals surface area contributed by atoms with Crippen molar-refractivity contribution in [2.45, 2.75) is 32.4 Å². The minimum absolute atomic E-state index is 0.141. The second-order valence-electron chi connectivity index (χ2n) is 4.37. The Hall–Kier alpha value is -1.06. The predicted octanol–water partition coefficient (Wildman–Crippen LogP) is 2.34. The van der Waals surface area contributed by atoms with E-state index in [1.165, 1.54) is 0 Å². The lowest BCUT2D eigenvalue weighted by Gasteiger charge is -2.23. The van der Waals surface area contributed by atoms with Crippen molar-refractivity contribution in [3.05, 3.63) is 29.8 Å². The molecule has 0 unspecified atom stereocenters. The maximum Gasteiger partial charge on any atom is 0.123 e. The first-order chi connectivity index (χ1) is 7.59. The van der Waals surface area contributed by atoms with Gasteiger partial charge in [-0.05, 0) is 19.9 Å². The van der Waals surface area contributed by atoms with Gasteiger partial charge in [-0.2, -0.15) is 0 Å². The van der Waals surface area contributed by atoms with E-state index in [1.807, 2.05) is 38.1 Å². The Labute approximate surface area is 97.6 Å². The molecule has 0 bridgehead atoms. The quantitative estimate of drug-likeness (QED) is 0.805. The molecule has 0 aromatic heterocycles. The van der Waals surface area contributed by atoms with Crippen molar-refractivity contribution >= 4 is 0 Å². The fourth-order valence-corrected chi connectivity index (χ4v) is 1.32. The Morgan fingerprint density at radius 1 is 1.25 bits per heavy atom. The van der Waals surface area contributed by atoms with E-state index in [2.05, 4.69) is 0 Å². The zero-order valence-corrected chi connectivity index (χ0v) is 10.3. The predicted molar refractivity (Wildman–Crippen MR) is 65.5 cm³/mol. The molecule has 0 spiro atoms. The molecule has 0 aliphatic carbocycles. The van der Waals surface area contributed by atoms with Gasteiger partial charge in [0.15, 0.2) is 0 Å². The number of hydrogen-bond acceptors (Lipinski definition) is 3. The van der Waals surface area contributed by atoms with Crippen LogP contribution in [0.25, 0.3) is 0 Å². The molecule has 0 radical (unpaired) electrons. The molecule has 0 saturated carbocycles. The van der Waals surface area contributed by atoms with E-state index in [1.54, 1.807) is 7.11 Å². The normalized spacial score (nSPS) is 11.5. The summed E-state index contributed by atoms with van der Waals surface area (Å²) in [5, 5.41) is 0. The van der Waals surface area contributed by atoms with Crippen LogP contribution < -0.4 is 10.5 Å². The van der Waals surface area contributed by atoms with Crippen LogP contribution in [-0.4, -0.2) is 19.3 Å². The zero-order valence-electron chi connectivity index (χ0n) is 10.3. The van der Waals surface area contributed by atoms with E-state index in [9.17, 15) is 0 Å². The molecule has 3 heteroatoms. The summed E-state index contributed by atoms with van der Waals surface area (Å²) < 4.78 is 11.0. The number of nitrogens with two attached hydrogens (primary N) is 1. The molecule has 1 rings (SSSR count). The number of para-hydroxylation sites is 1. The Balaban J connectivity index is 2.49. The second-order valence-corrected chi connectivity index (χ2v) is 4.37. The number of hydrogen-bond donors (Lipinski definition) is 1. The van der Waals surface area contributed by atoms with Crippen LogP contribution in [0.3, 0.4) is 0 Å². The van der Waals surface area contributed by atoms with Gasteiger partial charge in [-0.3, -0.25) is 0 Å². The summed E-state index contributed by atoms with van der Waals surface area (Å²) in [6, 6.07) is 7.85. The summed E-state index contributed by atoms with van der Waals surface area (Å²) in [5.74, 6) is 0.872. The van der Waals surface area contributed by atoms with Crippen molar-refractivity contribution in [1.82, 2.24) is 0 Å². The number of benzene rings is 1. The highest BCUT2D eigenvalue weighted by molar-refractivity contribution is 5.32. The van der Waals surface area contributed by atoms with E-state index >= 15 is 0 Å². The van der Waals surface area contributed by atoms with Crippen LogP contribution in [0.15, 0.2) is 24.3 Å². The molecule has 0 aliphatic heterocycles. The molecule has 3 nitrogen and oxygen atoms in total. The van der Waals surface area contributed by atoms with Gasteiger partial charge in [-0.15, -0.1) is 0 Å². The molecule has 1 aromatic rings. The maximum absolute atomic E-state index is 5.71. The molecule has 1 aromatic carbocycles. The largest absolute Gasteiger partial charge is 0.493 e. The first kappa shape index (κ1) is 13.0. The third-order valence-corrected chi connectivity index (χ3v) is 2.71. The topological polar surface area (TPSA) is 44.5 Å². The van der Waals surface area contributed by atoms with E-state index in [4.69, 9.17) is 15.2 Å². The first-order valence-electron chi connectivity index (χ1n) is 5.55. The fraction of sp³-hybridized carbons (Fsp3) is 0.538. The standard InChI is InChI=1S/C13H21NO2/c1-13(2,15-3)8-9-16-12-7-5-4-6-11(12)10-14/h4-7H,8-10,14H2,1-3H3. The van der Waals surface area contributed by atoms with Crippen LogP contribution in [0.5, 0.6) is 5.75 Å². The molecule has 2 N–H and O–H groups in total. The Morgan fingerprint density at radius 2 is 1.94 bits per heavy atom. The van der Waals surface area contributed by atoms with Crippen LogP contribution in [0.4, 0.5) is 0 Å². The molecule has 0 aliphatic rings. The van der Waals surface area contributed by atoms with Gasteiger partial charge in [0.2, 0.25) is 0 Å². The van der Waals surface area contributed by atoms with Gasteiger partial charge in [-0.1, -0.05) is 18.2 Å². The molecular weight excluding hydrogens is 202 g/mol. The molecular formula is C13H21NO2. The molecule has 0 saturated heterocycles. The third kappa shape index (κ3) is 3.83. The van der Waals surface area contributed by atoms with Crippen molar-refractivity contribution < 1.29 is 9.47 Å². The summed E-state index contributed by atoms with van der Waals surface area (Å²) >= 11 is 0. The van der Waals surface area contributed by atoms with Crippen molar-refractivity contribution in [2.24, 2.45) is 5.73 Å². The molecule has 0 heterocycles. The van der Waals surface area contributed by atoms with E-state index in [0.717, 1.165) is 17.7 Å². The molecule has 16 heavy (non-hydrogen) atoms. The summed E-state index contributed by atoms with van der Waals surface area (Å²) in [7, 11) is 1.72. The van der Waals surface area contributed by atoms with Crippen molar-refractivity contribution in [3.63, 3.8) is 0 Å². The van der Waals surface area contributed by atoms with Gasteiger partial charge >= 0.3 is 0 Å². The summed E-state index contributed by atoms with van der Waals surface area (Å²) in [6.07, 6.45) is 0.850. The van der Waals surface area contributed by atoms with Crippen LogP contribution in [0, 0.1) is 0 Å². The van der Waals surface area contributed by atoms with Gasteiger partial charge in [0.1, 0.15) is 5.75 Å². The van der Waals surface area contributed by atoms with E-state index in [0.29, 0.717) is 13.2 Å². The average molecular weight is 223 g/mol. The van der Waals surface area contributed by atoms with Crippen molar-refractivity contribution in [3.8, 4) is 5.75 Å². The van der Waals surface area contributed by atoms with Crippen LogP contribution >= 0.6 is 0 Å². The SMILES string of the molecule is COC(C)(C)CCOc1ccccc1CN. The molecule has 0 atom stereocenters. The van der Waals surface area contributed by atoms with Crippen molar-refractivity contribution in [2.75, 3.05) is 13.7 Å². The minimum Gasteiger partial charge on any atom is -0.493 e. The average Bonchev–Trinajstić information content (AvgIpc) is 2.29. The lowest BCUT2D eigenvalue weighted by Crippen LogP contribution is -2.25. The van der Waals surface area contributed by atoms with Gasteiger partial charge in [0.25, 0.3) is 0 Å². The Morgan fingerprint density at radius 3 is 2.56 bits per heavy atom. The first-order valence-corrected chi connectivity index (χ1v) is 5.55. The van der Waals surface area contributed by atoms with Gasteiger partial charge < -0.3 is 15.2 Å². The lowest BCUT2D eigenvalue weighted by atomic mass is 10.1. The highest BCUT2D eigenvalue weighted by Crippen LogP contribution is 2.19. The monoisotopic (exact) mass is 223 g/mol. The maximum atomic E-state index is 5.71. The van der Waals surface area contributed by atoms with Crippen LogP contribution in [0.2, 0.25) is 0 Å². The lowest BCUT2D eigenvalue weighted by molar-refractivity contribution is 0.00538. The van der Waals surface area contributed by atoms with Crippen LogP contribution in [-0.2, 0) is 11.3 Å². The van der Waals surface area contributed by atoms with Crippen molar-refractivity contribution in [1.29, 1.82) is 0 Å². The van der Waals surface area contributed by atoms with E-state index in [-0.39, 0.29) is 5.60 Å². The number of rotatable bonds is 6. The molecule has 0 fully saturated rings. The van der Waals surface area contributed by atoms with Gasteiger partial charge in [0, 0.05) is 25.6 Å². The minimum atomic E-state index is -0.141. The third-order valence-electron chi connectivity index (χ3n) is 2.71. The smallest absolute Gasteiger partial charge is 0.123 e. The zero-order chi connectivity index (χ0) is 12.0. The second kappa shape index (κ2) is 5.87. The number of methoxy groups -OCH3 is 1. The summed E-state index contributed by atoms with van der Waals surface area (Å²) in [6.45, 7) is 5.23. The highest BCUT2D eigenvalue weighted by Gasteiger charge is 2.16. The molecule has 90 valence electrons. The summed E-state index contributed by atoms with van der Waals surface area (Å²) in [4.78, 5) is 0. The summed E-state index contributed by atoms with van der Waals surface area (Å²) in [5.41, 5.74) is 6.53. The van der Waals surface area contributed by atoms with Gasteiger partial charge in [-0.25, -0.2) is 0 Å². The number of ether oxygens (including phenoxy) is 2. The highest BCUT2D eigenvalue weighted by atomic mass is 16.5. The molecule has 0 amide bonds.